The number of rotatable bonds is 6. The number of benzene rings is 2. The molecule has 0 spiro atoms. The number of hydrogen-bond acceptors (Lipinski definition) is 5. The number of halogens is 2. The molecule has 33 heavy (non-hydrogen) atoms. The fourth-order valence-electron chi connectivity index (χ4n) is 4.50. The first kappa shape index (κ1) is 23.5. The zero-order valence-corrected chi connectivity index (χ0v) is 19.7. The van der Waals surface area contributed by atoms with Gasteiger partial charge in [-0.2, -0.15) is 0 Å². The molecule has 0 bridgehead atoms. The van der Waals surface area contributed by atoms with E-state index in [1.807, 2.05) is 12.1 Å². The van der Waals surface area contributed by atoms with Gasteiger partial charge < -0.3 is 14.6 Å². The van der Waals surface area contributed by atoms with Crippen LogP contribution in [-0.2, 0) is 16.1 Å². The SMILES string of the molecule is CCOC(=O)[C@H]1CN(CCn2c(=O)[nH]c3ccccc3c2=O)CC[C@H]1c1ccc(Cl)c(Cl)c1. The molecule has 0 radical (unpaired) electrons. The third kappa shape index (κ3) is 5.00. The topological polar surface area (TPSA) is 84.4 Å². The quantitative estimate of drug-likeness (QED) is 0.534. The summed E-state index contributed by atoms with van der Waals surface area (Å²) in [4.78, 5) is 42.9. The van der Waals surface area contributed by atoms with Gasteiger partial charge in [-0.25, -0.2) is 4.79 Å². The molecule has 0 aliphatic carbocycles. The van der Waals surface area contributed by atoms with Crippen molar-refractivity contribution in [1.29, 1.82) is 0 Å². The molecule has 174 valence electrons. The molecule has 1 aromatic heterocycles. The van der Waals surface area contributed by atoms with E-state index in [0.717, 1.165) is 5.56 Å². The zero-order chi connectivity index (χ0) is 23.5. The van der Waals surface area contributed by atoms with Crippen molar-refractivity contribution >= 4 is 40.1 Å². The molecular weight excluding hydrogens is 465 g/mol. The lowest BCUT2D eigenvalue weighted by molar-refractivity contribution is -0.150. The molecule has 1 N–H and O–H groups in total. The largest absolute Gasteiger partial charge is 0.466 e. The average Bonchev–Trinajstić information content (AvgIpc) is 2.81. The van der Waals surface area contributed by atoms with Gasteiger partial charge in [-0.05, 0) is 55.6 Å². The highest BCUT2D eigenvalue weighted by Crippen LogP contribution is 2.36. The maximum atomic E-state index is 12.8. The average molecular weight is 490 g/mol. The molecule has 2 atom stereocenters. The fourth-order valence-corrected chi connectivity index (χ4v) is 4.80. The molecule has 2 aromatic carbocycles. The molecule has 1 aliphatic heterocycles. The van der Waals surface area contributed by atoms with E-state index in [2.05, 4.69) is 9.88 Å². The van der Waals surface area contributed by atoms with Gasteiger partial charge in [0, 0.05) is 19.6 Å². The summed E-state index contributed by atoms with van der Waals surface area (Å²) in [5.41, 5.74) is 0.714. The predicted octanol–water partition coefficient (Wildman–Crippen LogP) is 3.67. The Labute approximate surface area is 200 Å². The van der Waals surface area contributed by atoms with Crippen molar-refractivity contribution in [2.45, 2.75) is 25.8 Å². The Kier molecular flexibility index (Phi) is 7.22. The van der Waals surface area contributed by atoms with Crippen molar-refractivity contribution in [2.24, 2.45) is 5.92 Å². The molecule has 1 fully saturated rings. The second-order valence-electron chi connectivity index (χ2n) is 8.16. The van der Waals surface area contributed by atoms with Crippen LogP contribution in [0.5, 0.6) is 0 Å². The molecule has 2 heterocycles. The number of piperidine rings is 1. The van der Waals surface area contributed by atoms with Gasteiger partial charge in [0.15, 0.2) is 0 Å². The summed E-state index contributed by atoms with van der Waals surface area (Å²) >= 11 is 12.3. The number of nitrogens with one attached hydrogen (secondary N) is 1. The van der Waals surface area contributed by atoms with E-state index in [4.69, 9.17) is 27.9 Å². The monoisotopic (exact) mass is 489 g/mol. The lowest BCUT2D eigenvalue weighted by atomic mass is 9.80. The number of hydrogen-bond donors (Lipinski definition) is 1. The molecule has 7 nitrogen and oxygen atoms in total. The van der Waals surface area contributed by atoms with Crippen LogP contribution in [0.4, 0.5) is 0 Å². The number of H-pyrrole nitrogens is 1. The van der Waals surface area contributed by atoms with Crippen LogP contribution in [0.15, 0.2) is 52.1 Å². The second kappa shape index (κ2) is 10.1. The van der Waals surface area contributed by atoms with Crippen LogP contribution in [0, 0.1) is 5.92 Å². The van der Waals surface area contributed by atoms with E-state index in [1.165, 1.54) is 4.57 Å². The summed E-state index contributed by atoms with van der Waals surface area (Å²) in [5.74, 6) is -0.705. The molecule has 9 heteroatoms. The lowest BCUT2D eigenvalue weighted by Gasteiger charge is -2.37. The predicted molar refractivity (Wildman–Crippen MR) is 129 cm³/mol. The van der Waals surface area contributed by atoms with Gasteiger partial charge in [0.1, 0.15) is 0 Å². The molecular formula is C24H25Cl2N3O4. The Morgan fingerprint density at radius 3 is 2.67 bits per heavy atom. The van der Waals surface area contributed by atoms with Crippen molar-refractivity contribution in [2.75, 3.05) is 26.2 Å². The highest BCUT2D eigenvalue weighted by Gasteiger charge is 2.36. The number of carbonyl (C=O) groups is 1. The van der Waals surface area contributed by atoms with E-state index in [1.54, 1.807) is 37.3 Å². The molecule has 0 amide bonds. The summed E-state index contributed by atoms with van der Waals surface area (Å²) in [6.07, 6.45) is 0.713. The Hall–Kier alpha value is -2.61. The van der Waals surface area contributed by atoms with Gasteiger partial charge in [-0.1, -0.05) is 41.4 Å². The zero-order valence-electron chi connectivity index (χ0n) is 18.2. The fraction of sp³-hybridized carbons (Fsp3) is 0.375. The number of carbonyl (C=O) groups excluding carboxylic acids is 1. The van der Waals surface area contributed by atoms with Gasteiger partial charge in [0.25, 0.3) is 5.56 Å². The number of aromatic nitrogens is 2. The Bertz CT molecular complexity index is 1290. The number of fused-ring (bicyclic) bond motifs is 1. The van der Waals surface area contributed by atoms with Crippen LogP contribution < -0.4 is 11.2 Å². The van der Waals surface area contributed by atoms with Gasteiger partial charge in [-0.3, -0.25) is 14.2 Å². The van der Waals surface area contributed by atoms with Crippen molar-refractivity contribution in [3.8, 4) is 0 Å². The summed E-state index contributed by atoms with van der Waals surface area (Å²) in [6, 6.07) is 12.4. The van der Waals surface area contributed by atoms with Gasteiger partial charge in [-0.15, -0.1) is 0 Å². The minimum absolute atomic E-state index is 0.0538. The summed E-state index contributed by atoms with van der Waals surface area (Å²) in [5, 5.41) is 1.39. The number of ether oxygens (including phenoxy) is 1. The lowest BCUT2D eigenvalue weighted by Crippen LogP contribution is -2.46. The van der Waals surface area contributed by atoms with Crippen LogP contribution in [0.25, 0.3) is 10.9 Å². The second-order valence-corrected chi connectivity index (χ2v) is 8.97. The molecule has 3 aromatic rings. The Balaban J connectivity index is 1.53. The van der Waals surface area contributed by atoms with E-state index in [0.29, 0.717) is 53.6 Å². The van der Waals surface area contributed by atoms with E-state index >= 15 is 0 Å². The highest BCUT2D eigenvalue weighted by molar-refractivity contribution is 6.42. The molecule has 1 saturated heterocycles. The molecule has 0 saturated carbocycles. The number of para-hydroxylation sites is 1. The van der Waals surface area contributed by atoms with Gasteiger partial charge in [0.2, 0.25) is 0 Å². The maximum Gasteiger partial charge on any atom is 0.328 e. The van der Waals surface area contributed by atoms with Crippen molar-refractivity contribution in [3.63, 3.8) is 0 Å². The van der Waals surface area contributed by atoms with Crippen molar-refractivity contribution < 1.29 is 9.53 Å². The third-order valence-corrected chi connectivity index (χ3v) is 6.93. The first-order valence-corrected chi connectivity index (χ1v) is 11.7. The van der Waals surface area contributed by atoms with Crippen molar-refractivity contribution in [3.05, 3.63) is 78.9 Å². The highest BCUT2D eigenvalue weighted by atomic mass is 35.5. The molecule has 0 unspecified atom stereocenters. The Morgan fingerprint density at radius 1 is 1.12 bits per heavy atom. The van der Waals surface area contributed by atoms with Crippen LogP contribution in [0.2, 0.25) is 10.0 Å². The summed E-state index contributed by atoms with van der Waals surface area (Å²) in [7, 11) is 0. The third-order valence-electron chi connectivity index (χ3n) is 6.19. The van der Waals surface area contributed by atoms with E-state index in [-0.39, 0.29) is 29.9 Å². The minimum Gasteiger partial charge on any atom is -0.466 e. The van der Waals surface area contributed by atoms with Gasteiger partial charge >= 0.3 is 11.7 Å². The minimum atomic E-state index is -0.439. The molecule has 1 aliphatic rings. The smallest absolute Gasteiger partial charge is 0.328 e. The van der Waals surface area contributed by atoms with Crippen LogP contribution >= 0.6 is 23.2 Å². The first-order chi connectivity index (χ1) is 15.9. The number of nitrogens with zero attached hydrogens (tertiary/aromatic N) is 2. The number of aromatic amines is 1. The van der Waals surface area contributed by atoms with E-state index < -0.39 is 5.69 Å². The van der Waals surface area contributed by atoms with E-state index in [9.17, 15) is 14.4 Å². The standard InChI is InChI=1S/C24H25Cl2N3O4/c1-2-33-23(31)18-14-28(10-9-16(18)15-7-8-19(25)20(26)13-15)11-12-29-22(30)17-5-3-4-6-21(17)27-24(29)32/h3-8,13,16,18H,2,9-12,14H2,1H3,(H,27,32)/t16-,18-/m0/s1. The van der Waals surface area contributed by atoms with Crippen LogP contribution in [-0.4, -0.2) is 46.7 Å². The van der Waals surface area contributed by atoms with Crippen LogP contribution in [0.3, 0.4) is 0 Å². The maximum absolute atomic E-state index is 12.8. The number of likely N-dealkylation sites (tertiary alicyclic amines) is 1. The molecule has 4 rings (SSSR count). The Morgan fingerprint density at radius 2 is 1.91 bits per heavy atom. The first-order valence-electron chi connectivity index (χ1n) is 10.9. The van der Waals surface area contributed by atoms with Gasteiger partial charge in [0.05, 0.1) is 33.5 Å². The van der Waals surface area contributed by atoms with Crippen LogP contribution in [0.1, 0.15) is 24.8 Å². The van der Waals surface area contributed by atoms with Crippen molar-refractivity contribution in [1.82, 2.24) is 14.5 Å². The number of esters is 1. The normalized spacial score (nSPS) is 19.0. The summed E-state index contributed by atoms with van der Waals surface area (Å²) in [6.45, 7) is 3.94. The summed E-state index contributed by atoms with van der Waals surface area (Å²) < 4.78 is 6.56.